The average Bonchev–Trinajstić information content (AvgIpc) is 2.62. The standard InChI is InChI=1S/C18H15BrF2N2O4/c19-12-8-15-16(27-6-5-26-15)9-14(12)23-17(24)3-4-22-18(25)11-2-1-10(20)7-13(11)21/h1-2,7-9H,3-6H2,(H,22,25)(H,23,24). The van der Waals surface area contributed by atoms with Gasteiger partial charge >= 0.3 is 0 Å². The van der Waals surface area contributed by atoms with Crippen LogP contribution >= 0.6 is 15.9 Å². The number of anilines is 1. The molecule has 0 bridgehead atoms. The summed E-state index contributed by atoms with van der Waals surface area (Å²) in [6.45, 7) is 0.872. The number of fused-ring (bicyclic) bond motifs is 1. The van der Waals surface area contributed by atoms with Crippen LogP contribution in [0.25, 0.3) is 0 Å². The summed E-state index contributed by atoms with van der Waals surface area (Å²) < 4.78 is 38.0. The monoisotopic (exact) mass is 440 g/mol. The van der Waals surface area contributed by atoms with E-state index in [2.05, 4.69) is 26.6 Å². The fourth-order valence-electron chi connectivity index (χ4n) is 2.43. The third-order valence-corrected chi connectivity index (χ3v) is 4.38. The van der Waals surface area contributed by atoms with Crippen molar-refractivity contribution in [3.8, 4) is 11.5 Å². The first kappa shape index (κ1) is 19.1. The van der Waals surface area contributed by atoms with Crippen LogP contribution < -0.4 is 20.1 Å². The first-order valence-corrected chi connectivity index (χ1v) is 8.85. The molecule has 1 aliphatic heterocycles. The zero-order valence-corrected chi connectivity index (χ0v) is 15.6. The molecule has 3 rings (SSSR count). The number of carbonyl (C=O) groups is 2. The molecule has 142 valence electrons. The number of amides is 2. The zero-order valence-electron chi connectivity index (χ0n) is 14.0. The minimum absolute atomic E-state index is 0.0103. The molecular weight excluding hydrogens is 426 g/mol. The van der Waals surface area contributed by atoms with Crippen LogP contribution in [0.3, 0.4) is 0 Å². The molecule has 6 nitrogen and oxygen atoms in total. The third-order valence-electron chi connectivity index (χ3n) is 3.72. The molecule has 0 saturated carbocycles. The smallest absolute Gasteiger partial charge is 0.254 e. The Balaban J connectivity index is 1.53. The molecule has 0 atom stereocenters. The fraction of sp³-hybridized carbons (Fsp3) is 0.222. The molecule has 1 aliphatic rings. The maximum Gasteiger partial charge on any atom is 0.254 e. The van der Waals surface area contributed by atoms with Crippen LogP contribution in [0.15, 0.2) is 34.8 Å². The number of carbonyl (C=O) groups excluding carboxylic acids is 2. The Hall–Kier alpha value is -2.68. The SMILES string of the molecule is O=C(CCNC(=O)c1ccc(F)cc1F)Nc1cc2c(cc1Br)OCCO2. The minimum Gasteiger partial charge on any atom is -0.486 e. The lowest BCUT2D eigenvalue weighted by atomic mass is 10.2. The van der Waals surface area contributed by atoms with E-state index in [1.54, 1.807) is 12.1 Å². The van der Waals surface area contributed by atoms with E-state index in [0.29, 0.717) is 40.9 Å². The van der Waals surface area contributed by atoms with Crippen molar-refractivity contribution in [1.29, 1.82) is 0 Å². The molecule has 27 heavy (non-hydrogen) atoms. The molecule has 0 saturated heterocycles. The van der Waals surface area contributed by atoms with Gasteiger partial charge in [-0.1, -0.05) is 0 Å². The van der Waals surface area contributed by atoms with Gasteiger partial charge in [0.15, 0.2) is 11.5 Å². The first-order chi connectivity index (χ1) is 12.9. The summed E-state index contributed by atoms with van der Waals surface area (Å²) in [5.41, 5.74) is 0.214. The number of hydrogen-bond donors (Lipinski definition) is 2. The summed E-state index contributed by atoms with van der Waals surface area (Å²) in [6, 6.07) is 6.00. The summed E-state index contributed by atoms with van der Waals surface area (Å²) >= 11 is 3.35. The summed E-state index contributed by atoms with van der Waals surface area (Å²) in [6.07, 6.45) is -0.0323. The number of nitrogens with one attached hydrogen (secondary N) is 2. The molecule has 0 radical (unpaired) electrons. The quantitative estimate of drug-likeness (QED) is 0.747. The Kier molecular flexibility index (Phi) is 5.90. The maximum atomic E-state index is 13.5. The summed E-state index contributed by atoms with van der Waals surface area (Å²) in [5, 5.41) is 5.12. The molecule has 1 heterocycles. The highest BCUT2D eigenvalue weighted by molar-refractivity contribution is 9.10. The maximum absolute atomic E-state index is 13.5. The van der Waals surface area contributed by atoms with Gasteiger partial charge in [0.25, 0.3) is 5.91 Å². The first-order valence-electron chi connectivity index (χ1n) is 8.06. The van der Waals surface area contributed by atoms with Crippen LogP contribution in [0.1, 0.15) is 16.8 Å². The Morgan fingerprint density at radius 3 is 2.48 bits per heavy atom. The van der Waals surface area contributed by atoms with E-state index in [1.807, 2.05) is 0 Å². The topological polar surface area (TPSA) is 76.7 Å². The van der Waals surface area contributed by atoms with Crippen molar-refractivity contribution in [1.82, 2.24) is 5.32 Å². The number of halogens is 3. The van der Waals surface area contributed by atoms with Gasteiger partial charge in [-0.05, 0) is 28.1 Å². The van der Waals surface area contributed by atoms with E-state index in [4.69, 9.17) is 9.47 Å². The Morgan fingerprint density at radius 2 is 1.78 bits per heavy atom. The second kappa shape index (κ2) is 8.34. The van der Waals surface area contributed by atoms with E-state index in [0.717, 1.165) is 12.1 Å². The molecule has 2 amide bonds. The Bertz CT molecular complexity index is 892. The average molecular weight is 441 g/mol. The van der Waals surface area contributed by atoms with Crippen molar-refractivity contribution in [2.45, 2.75) is 6.42 Å². The largest absolute Gasteiger partial charge is 0.486 e. The lowest BCUT2D eigenvalue weighted by molar-refractivity contribution is -0.116. The zero-order chi connectivity index (χ0) is 19.4. The van der Waals surface area contributed by atoms with Gasteiger partial charge in [-0.3, -0.25) is 9.59 Å². The van der Waals surface area contributed by atoms with E-state index in [9.17, 15) is 18.4 Å². The van der Waals surface area contributed by atoms with Crippen molar-refractivity contribution >= 4 is 33.4 Å². The lowest BCUT2D eigenvalue weighted by Gasteiger charge is -2.20. The lowest BCUT2D eigenvalue weighted by Crippen LogP contribution is -2.28. The third kappa shape index (κ3) is 4.73. The van der Waals surface area contributed by atoms with E-state index in [1.165, 1.54) is 0 Å². The molecule has 0 spiro atoms. The molecule has 2 aromatic rings. The van der Waals surface area contributed by atoms with E-state index in [-0.39, 0.29) is 24.4 Å². The number of ether oxygens (including phenoxy) is 2. The molecule has 0 fully saturated rings. The normalized spacial score (nSPS) is 12.4. The summed E-state index contributed by atoms with van der Waals surface area (Å²) in [7, 11) is 0. The molecule has 2 aromatic carbocycles. The number of hydrogen-bond acceptors (Lipinski definition) is 4. The summed E-state index contributed by atoms with van der Waals surface area (Å²) in [5.74, 6) is -1.70. The second-order valence-electron chi connectivity index (χ2n) is 5.65. The van der Waals surface area contributed by atoms with Gasteiger partial charge in [0.05, 0.1) is 11.3 Å². The Morgan fingerprint density at radius 1 is 1.07 bits per heavy atom. The van der Waals surface area contributed by atoms with Crippen LogP contribution in [0.2, 0.25) is 0 Å². The van der Waals surface area contributed by atoms with E-state index < -0.39 is 17.5 Å². The predicted molar refractivity (Wildman–Crippen MR) is 97.1 cm³/mol. The summed E-state index contributed by atoms with van der Waals surface area (Å²) in [4.78, 5) is 24.0. The second-order valence-corrected chi connectivity index (χ2v) is 6.51. The van der Waals surface area contributed by atoms with Crippen LogP contribution in [0, 0.1) is 11.6 Å². The van der Waals surface area contributed by atoms with Gasteiger partial charge in [0, 0.05) is 35.6 Å². The van der Waals surface area contributed by atoms with Gasteiger partial charge in [0.1, 0.15) is 24.8 Å². The molecule has 9 heteroatoms. The van der Waals surface area contributed by atoms with Crippen LogP contribution in [0.5, 0.6) is 11.5 Å². The predicted octanol–water partition coefficient (Wildman–Crippen LogP) is 3.26. The fourth-order valence-corrected chi connectivity index (χ4v) is 2.85. The van der Waals surface area contributed by atoms with Gasteiger partial charge in [0.2, 0.25) is 5.91 Å². The van der Waals surface area contributed by atoms with E-state index >= 15 is 0 Å². The molecular formula is C18H15BrF2N2O4. The van der Waals surface area contributed by atoms with Gasteiger partial charge in [-0.15, -0.1) is 0 Å². The minimum atomic E-state index is -0.961. The molecule has 0 aromatic heterocycles. The Labute approximate surface area is 162 Å². The van der Waals surface area contributed by atoms with Crippen molar-refractivity contribution < 1.29 is 27.8 Å². The van der Waals surface area contributed by atoms with Crippen LogP contribution in [0.4, 0.5) is 14.5 Å². The van der Waals surface area contributed by atoms with Crippen molar-refractivity contribution in [2.24, 2.45) is 0 Å². The van der Waals surface area contributed by atoms with Gasteiger partial charge in [-0.2, -0.15) is 0 Å². The molecule has 0 unspecified atom stereocenters. The highest BCUT2D eigenvalue weighted by Gasteiger charge is 2.17. The van der Waals surface area contributed by atoms with Crippen LogP contribution in [-0.2, 0) is 4.79 Å². The highest BCUT2D eigenvalue weighted by atomic mass is 79.9. The van der Waals surface area contributed by atoms with Gasteiger partial charge < -0.3 is 20.1 Å². The van der Waals surface area contributed by atoms with Crippen molar-refractivity contribution in [2.75, 3.05) is 25.1 Å². The highest BCUT2D eigenvalue weighted by Crippen LogP contribution is 2.38. The van der Waals surface area contributed by atoms with Crippen molar-refractivity contribution in [3.63, 3.8) is 0 Å². The molecule has 0 aliphatic carbocycles. The molecule has 2 N–H and O–H groups in total. The van der Waals surface area contributed by atoms with Crippen LogP contribution in [-0.4, -0.2) is 31.6 Å². The van der Waals surface area contributed by atoms with Crippen molar-refractivity contribution in [3.05, 3.63) is 52.0 Å². The van der Waals surface area contributed by atoms with Gasteiger partial charge in [-0.25, -0.2) is 8.78 Å². The number of rotatable bonds is 5. The number of benzene rings is 2.